The van der Waals surface area contributed by atoms with E-state index in [9.17, 15) is 21.6 Å². The van der Waals surface area contributed by atoms with Crippen molar-refractivity contribution in [1.82, 2.24) is 28.1 Å². The number of hydrogen-bond acceptors (Lipinski definition) is 8. The molecule has 49 heavy (non-hydrogen) atoms. The zero-order valence-corrected chi connectivity index (χ0v) is 30.1. The van der Waals surface area contributed by atoms with E-state index in [-0.39, 0.29) is 35.4 Å². The summed E-state index contributed by atoms with van der Waals surface area (Å²) in [5.74, 6) is 0.365. The minimum atomic E-state index is -3.70. The van der Waals surface area contributed by atoms with Crippen LogP contribution in [-0.2, 0) is 26.5 Å². The van der Waals surface area contributed by atoms with Crippen LogP contribution in [0.4, 0.5) is 4.79 Å². The van der Waals surface area contributed by atoms with E-state index in [1.807, 2.05) is 6.92 Å². The van der Waals surface area contributed by atoms with Gasteiger partial charge in [0, 0.05) is 43.1 Å². The summed E-state index contributed by atoms with van der Waals surface area (Å²) in [7, 11) is -7.30. The molecule has 12 nitrogen and oxygen atoms in total. The summed E-state index contributed by atoms with van der Waals surface area (Å²) in [6, 6.07) is 19.0. The first-order chi connectivity index (χ1) is 23.4. The summed E-state index contributed by atoms with van der Waals surface area (Å²) in [5, 5.41) is 1.12. The van der Waals surface area contributed by atoms with Gasteiger partial charge in [-0.1, -0.05) is 78.1 Å². The molecule has 0 spiro atoms. The van der Waals surface area contributed by atoms with Gasteiger partial charge < -0.3 is 9.64 Å². The third kappa shape index (κ3) is 10.5. The first-order valence-corrected chi connectivity index (χ1v) is 18.9. The van der Waals surface area contributed by atoms with Gasteiger partial charge in [0.05, 0.1) is 32.1 Å². The van der Waals surface area contributed by atoms with E-state index in [1.165, 1.54) is 47.7 Å². The molecule has 17 heteroatoms. The van der Waals surface area contributed by atoms with Gasteiger partial charge in [-0.25, -0.2) is 40.3 Å². The zero-order valence-electron chi connectivity index (χ0n) is 26.2. The summed E-state index contributed by atoms with van der Waals surface area (Å²) >= 11 is 18.0. The number of benzene rings is 3. The van der Waals surface area contributed by atoms with Crippen molar-refractivity contribution in [2.75, 3.05) is 26.2 Å². The van der Waals surface area contributed by atoms with E-state index >= 15 is 0 Å². The number of aromatic nitrogens is 4. The second kappa shape index (κ2) is 17.7. The first kappa shape index (κ1) is 37.9. The molecular formula is C32H33Cl3N6O6S2. The van der Waals surface area contributed by atoms with Crippen molar-refractivity contribution in [3.05, 3.63) is 125 Å². The van der Waals surface area contributed by atoms with E-state index < -0.39 is 20.0 Å². The monoisotopic (exact) mass is 766 g/mol. The van der Waals surface area contributed by atoms with E-state index in [0.717, 1.165) is 10.4 Å². The highest BCUT2D eigenvalue weighted by Gasteiger charge is 2.18. The highest BCUT2D eigenvalue weighted by Crippen LogP contribution is 2.35. The molecule has 0 aliphatic heterocycles. The summed E-state index contributed by atoms with van der Waals surface area (Å²) < 4.78 is 59.8. The largest absolute Gasteiger partial charge is 0.489 e. The number of amides is 1. The SMILES string of the molecule is CCCN(CCOc1c(Cl)cc(Cl)cc1Cl)C(=O)n1ccnc1.O=S(=O)(NCCc1cn(S(=O)(=O)c2ccccc2)cn1)c1ccccc1. The van der Waals surface area contributed by atoms with Crippen LogP contribution in [0.3, 0.4) is 0 Å². The molecule has 5 rings (SSSR count). The van der Waals surface area contributed by atoms with Crippen LogP contribution in [0.15, 0.2) is 114 Å². The fraction of sp³-hybridized carbons (Fsp3) is 0.219. The Labute approximate surface area is 300 Å². The fourth-order valence-electron chi connectivity index (χ4n) is 4.35. The number of carbonyl (C=O) groups is 1. The number of carbonyl (C=O) groups excluding carboxylic acids is 1. The van der Waals surface area contributed by atoms with Gasteiger partial charge in [-0.3, -0.25) is 4.57 Å². The number of imidazole rings is 2. The van der Waals surface area contributed by atoms with Crippen LogP contribution in [0.2, 0.25) is 15.1 Å². The van der Waals surface area contributed by atoms with Gasteiger partial charge >= 0.3 is 6.03 Å². The average molecular weight is 768 g/mol. The Morgan fingerprint density at radius 1 is 0.898 bits per heavy atom. The summed E-state index contributed by atoms with van der Waals surface area (Å²) in [6.45, 7) is 3.39. The molecule has 1 amide bonds. The van der Waals surface area contributed by atoms with E-state index in [2.05, 4.69) is 14.7 Å². The molecule has 0 radical (unpaired) electrons. The third-order valence-corrected chi connectivity index (χ3v) is 10.6. The second-order valence-corrected chi connectivity index (χ2v) is 15.1. The summed E-state index contributed by atoms with van der Waals surface area (Å²) in [4.78, 5) is 22.3. The lowest BCUT2D eigenvalue weighted by molar-refractivity contribution is 0.184. The van der Waals surface area contributed by atoms with E-state index in [0.29, 0.717) is 39.6 Å². The minimum Gasteiger partial charge on any atom is -0.489 e. The molecule has 0 saturated heterocycles. The molecule has 3 aromatic carbocycles. The van der Waals surface area contributed by atoms with E-state index in [1.54, 1.807) is 65.8 Å². The molecule has 0 aliphatic carbocycles. The van der Waals surface area contributed by atoms with Gasteiger partial charge in [0.15, 0.2) is 5.75 Å². The molecule has 1 N–H and O–H groups in total. The number of rotatable bonds is 13. The standard InChI is InChI=1S/C17H17N3O4S2.C15H16Cl3N3O2/c21-25(22,16-7-3-1-4-8-16)19-12-11-15-13-20(14-18-15)26(23,24)17-9-5-2-6-10-17;1-2-4-20(15(22)21-5-3-19-10-21)6-7-23-14-12(17)8-11(16)9-13(14)18/h1-10,13-14,19H,11-12H2;3,5,8-10H,2,4,6-7H2,1H3. The lowest BCUT2D eigenvalue weighted by Gasteiger charge is -2.22. The minimum absolute atomic E-state index is 0.111. The maximum absolute atomic E-state index is 12.5. The zero-order chi connectivity index (χ0) is 35.4. The molecule has 2 heterocycles. The van der Waals surface area contributed by atoms with Crippen molar-refractivity contribution in [1.29, 1.82) is 0 Å². The molecule has 5 aromatic rings. The number of ether oxygens (including phenoxy) is 1. The Kier molecular flexibility index (Phi) is 13.6. The third-order valence-electron chi connectivity index (χ3n) is 6.72. The molecular weight excluding hydrogens is 735 g/mol. The van der Waals surface area contributed by atoms with Crippen LogP contribution < -0.4 is 9.46 Å². The van der Waals surface area contributed by atoms with Crippen LogP contribution >= 0.6 is 34.8 Å². The maximum atomic E-state index is 12.5. The first-order valence-electron chi connectivity index (χ1n) is 14.8. The van der Waals surface area contributed by atoms with Crippen LogP contribution in [0, 0.1) is 0 Å². The Hall–Kier alpha value is -3.92. The maximum Gasteiger partial charge on any atom is 0.329 e. The summed E-state index contributed by atoms with van der Waals surface area (Å²) in [5.41, 5.74) is 0.472. The van der Waals surface area contributed by atoms with Gasteiger partial charge in [0.1, 0.15) is 19.3 Å². The fourth-order valence-corrected chi connectivity index (χ4v) is 7.50. The van der Waals surface area contributed by atoms with Crippen molar-refractivity contribution >= 4 is 60.9 Å². The molecule has 0 atom stereocenters. The van der Waals surface area contributed by atoms with Crippen molar-refractivity contribution < 1.29 is 26.4 Å². The molecule has 0 saturated carbocycles. The van der Waals surface area contributed by atoms with Crippen LogP contribution in [0.5, 0.6) is 5.75 Å². The Balaban J connectivity index is 0.000000223. The van der Waals surface area contributed by atoms with Gasteiger partial charge in [-0.15, -0.1) is 0 Å². The predicted molar refractivity (Wildman–Crippen MR) is 188 cm³/mol. The van der Waals surface area contributed by atoms with Gasteiger partial charge in [0.25, 0.3) is 10.0 Å². The van der Waals surface area contributed by atoms with Crippen molar-refractivity contribution in [3.8, 4) is 5.75 Å². The van der Waals surface area contributed by atoms with Crippen molar-refractivity contribution in [3.63, 3.8) is 0 Å². The van der Waals surface area contributed by atoms with Crippen LogP contribution in [-0.4, -0.2) is 72.5 Å². The summed E-state index contributed by atoms with van der Waals surface area (Å²) in [6.07, 6.45) is 8.35. The van der Waals surface area contributed by atoms with Crippen LogP contribution in [0.25, 0.3) is 0 Å². The molecule has 260 valence electrons. The number of sulfonamides is 1. The highest BCUT2D eigenvalue weighted by molar-refractivity contribution is 7.90. The predicted octanol–water partition coefficient (Wildman–Crippen LogP) is 6.24. The Bertz CT molecular complexity index is 2010. The number of hydrogen-bond donors (Lipinski definition) is 1. The normalized spacial score (nSPS) is 11.4. The number of halogens is 3. The van der Waals surface area contributed by atoms with Crippen molar-refractivity contribution in [2.45, 2.75) is 29.6 Å². The Morgan fingerprint density at radius 2 is 1.53 bits per heavy atom. The molecule has 0 unspecified atom stereocenters. The smallest absolute Gasteiger partial charge is 0.329 e. The number of nitrogens with one attached hydrogen (secondary N) is 1. The molecule has 0 bridgehead atoms. The Morgan fingerprint density at radius 3 is 2.12 bits per heavy atom. The molecule has 0 aliphatic rings. The lowest BCUT2D eigenvalue weighted by Crippen LogP contribution is -2.37. The average Bonchev–Trinajstić information content (AvgIpc) is 3.80. The quantitative estimate of drug-likeness (QED) is 0.148. The lowest BCUT2D eigenvalue weighted by atomic mass is 10.3. The van der Waals surface area contributed by atoms with Gasteiger partial charge in [-0.2, -0.15) is 0 Å². The van der Waals surface area contributed by atoms with Gasteiger partial charge in [-0.05, 0) is 42.8 Å². The topological polar surface area (TPSA) is 145 Å². The molecule has 0 fully saturated rings. The van der Waals surface area contributed by atoms with Crippen LogP contribution in [0.1, 0.15) is 19.0 Å². The molecule has 2 aromatic heterocycles. The van der Waals surface area contributed by atoms with Gasteiger partial charge in [0.2, 0.25) is 10.0 Å². The van der Waals surface area contributed by atoms with E-state index in [4.69, 9.17) is 39.5 Å². The highest BCUT2D eigenvalue weighted by atomic mass is 35.5. The number of nitrogens with zero attached hydrogens (tertiary/aromatic N) is 5. The van der Waals surface area contributed by atoms with Crippen molar-refractivity contribution in [2.24, 2.45) is 0 Å². The second-order valence-electron chi connectivity index (χ2n) is 10.3.